The molecular formula is C27H31NO7Si. The van der Waals surface area contributed by atoms with E-state index in [1.807, 2.05) is 18.2 Å². The Labute approximate surface area is 211 Å². The maximum Gasteiger partial charge on any atom is 0.338 e. The molecule has 1 saturated heterocycles. The van der Waals surface area contributed by atoms with Crippen LogP contribution < -0.4 is 5.19 Å². The molecule has 0 unspecified atom stereocenters. The molecule has 36 heavy (non-hydrogen) atoms. The fourth-order valence-corrected chi connectivity index (χ4v) is 11.0. The molecule has 3 aliphatic rings. The zero-order valence-electron chi connectivity index (χ0n) is 20.8. The fourth-order valence-electron chi connectivity index (χ4n) is 6.99. The molecule has 5 rings (SSSR count). The molecule has 2 aliphatic carbocycles. The number of esters is 2. The van der Waals surface area contributed by atoms with Gasteiger partial charge in [0.25, 0.3) is 5.69 Å². The number of nitro groups is 1. The van der Waals surface area contributed by atoms with Crippen molar-refractivity contribution >= 4 is 30.9 Å². The Morgan fingerprint density at radius 1 is 1.06 bits per heavy atom. The van der Waals surface area contributed by atoms with Gasteiger partial charge in [-0.2, -0.15) is 0 Å². The van der Waals surface area contributed by atoms with Gasteiger partial charge >= 0.3 is 11.9 Å². The third-order valence-corrected chi connectivity index (χ3v) is 13.1. The maximum atomic E-state index is 13.6. The third-order valence-electron chi connectivity index (χ3n) is 8.78. The van der Waals surface area contributed by atoms with E-state index in [9.17, 15) is 19.7 Å². The van der Waals surface area contributed by atoms with Gasteiger partial charge in [-0.1, -0.05) is 61.5 Å². The Morgan fingerprint density at radius 2 is 1.72 bits per heavy atom. The molecule has 1 heterocycles. The van der Waals surface area contributed by atoms with Crippen LogP contribution >= 0.6 is 0 Å². The van der Waals surface area contributed by atoms with Crippen molar-refractivity contribution in [2.24, 2.45) is 5.41 Å². The van der Waals surface area contributed by atoms with Gasteiger partial charge in [-0.3, -0.25) is 14.9 Å². The minimum absolute atomic E-state index is 0.0615. The topological polar surface area (TPSA) is 108 Å². The van der Waals surface area contributed by atoms with E-state index in [0.29, 0.717) is 12.8 Å². The van der Waals surface area contributed by atoms with E-state index in [2.05, 4.69) is 25.2 Å². The molecule has 0 amide bonds. The first-order chi connectivity index (χ1) is 17.2. The Bertz CT molecular complexity index is 1180. The highest BCUT2D eigenvalue weighted by atomic mass is 28.3. The van der Waals surface area contributed by atoms with Gasteiger partial charge in [0.1, 0.15) is 23.2 Å². The lowest BCUT2D eigenvalue weighted by atomic mass is 9.58. The van der Waals surface area contributed by atoms with Gasteiger partial charge in [-0.05, 0) is 36.9 Å². The molecule has 5 atom stereocenters. The number of hydrogen-bond acceptors (Lipinski definition) is 7. The zero-order valence-corrected chi connectivity index (χ0v) is 21.8. The van der Waals surface area contributed by atoms with E-state index in [4.69, 9.17) is 14.2 Å². The van der Waals surface area contributed by atoms with Crippen LogP contribution in [-0.4, -0.2) is 49.9 Å². The predicted octanol–water partition coefficient (Wildman–Crippen LogP) is 4.38. The molecular weight excluding hydrogens is 478 g/mol. The van der Waals surface area contributed by atoms with Gasteiger partial charge in [0.15, 0.2) is 0 Å². The monoisotopic (exact) mass is 509 g/mol. The molecule has 8 nitrogen and oxygen atoms in total. The molecule has 9 heteroatoms. The van der Waals surface area contributed by atoms with Crippen molar-refractivity contribution in [3.8, 4) is 0 Å². The summed E-state index contributed by atoms with van der Waals surface area (Å²) in [6, 6.07) is 15.7. The molecule has 2 aromatic rings. The van der Waals surface area contributed by atoms with Crippen molar-refractivity contribution in [2.45, 2.75) is 68.5 Å². The summed E-state index contributed by atoms with van der Waals surface area (Å²) >= 11 is 0. The van der Waals surface area contributed by atoms with E-state index < -0.39 is 36.1 Å². The molecule has 0 N–H and O–H groups in total. The molecule has 0 aromatic heterocycles. The summed E-state index contributed by atoms with van der Waals surface area (Å²) in [4.78, 5) is 37.2. The van der Waals surface area contributed by atoms with Crippen molar-refractivity contribution < 1.29 is 28.7 Å². The summed E-state index contributed by atoms with van der Waals surface area (Å²) in [6.07, 6.45) is 2.93. The molecule has 2 aromatic carbocycles. The quantitative estimate of drug-likeness (QED) is 0.187. The molecule has 0 bridgehead atoms. The number of carbonyl (C=O) groups excluding carboxylic acids is 2. The fraction of sp³-hybridized carbons (Fsp3) is 0.481. The SMILES string of the molecule is COC(=O)[C@@]12CCCC[C@@]13O[C@H]3[C@H](OC(=O)c1ccc([N+](=O)[O-])cc1)C[C@H]2[Si](C)(C)c1ccccc1. The number of rotatable bonds is 6. The van der Waals surface area contributed by atoms with E-state index in [0.717, 1.165) is 19.3 Å². The van der Waals surface area contributed by atoms with Crippen LogP contribution in [0.1, 0.15) is 42.5 Å². The number of methoxy groups -OCH3 is 1. The summed E-state index contributed by atoms with van der Waals surface area (Å²) in [6.45, 7) is 4.55. The van der Waals surface area contributed by atoms with Gasteiger partial charge < -0.3 is 14.2 Å². The van der Waals surface area contributed by atoms with Crippen LogP contribution in [-0.2, 0) is 19.0 Å². The van der Waals surface area contributed by atoms with Crippen LogP contribution in [0.15, 0.2) is 54.6 Å². The second-order valence-corrected chi connectivity index (χ2v) is 15.4. The number of carbonyl (C=O) groups is 2. The van der Waals surface area contributed by atoms with Crippen molar-refractivity contribution in [2.75, 3.05) is 7.11 Å². The summed E-state index contributed by atoms with van der Waals surface area (Å²) in [7, 11) is -0.848. The second-order valence-electron chi connectivity index (χ2n) is 10.7. The number of nitrogens with zero attached hydrogens (tertiary/aromatic N) is 1. The van der Waals surface area contributed by atoms with Crippen LogP contribution in [0.4, 0.5) is 5.69 Å². The van der Waals surface area contributed by atoms with E-state index in [-0.39, 0.29) is 28.9 Å². The largest absolute Gasteiger partial charge is 0.469 e. The Morgan fingerprint density at radius 3 is 2.36 bits per heavy atom. The number of nitro benzene ring substituents is 1. The summed E-state index contributed by atoms with van der Waals surface area (Å²) in [5, 5.41) is 12.2. The predicted molar refractivity (Wildman–Crippen MR) is 135 cm³/mol. The average molecular weight is 510 g/mol. The van der Waals surface area contributed by atoms with E-state index in [1.165, 1.54) is 36.6 Å². The minimum Gasteiger partial charge on any atom is -0.469 e. The van der Waals surface area contributed by atoms with Crippen LogP contribution in [0.5, 0.6) is 0 Å². The van der Waals surface area contributed by atoms with Crippen LogP contribution in [0.3, 0.4) is 0 Å². The summed E-state index contributed by atoms with van der Waals surface area (Å²) < 4.78 is 17.9. The van der Waals surface area contributed by atoms with Gasteiger partial charge in [0.05, 0.1) is 25.7 Å². The first kappa shape index (κ1) is 24.6. The average Bonchev–Trinajstić information content (AvgIpc) is 3.63. The van der Waals surface area contributed by atoms with Crippen molar-refractivity contribution in [1.29, 1.82) is 0 Å². The van der Waals surface area contributed by atoms with Gasteiger partial charge in [0, 0.05) is 12.1 Å². The number of non-ortho nitro benzene ring substituents is 1. The number of hydrogen-bond donors (Lipinski definition) is 0. The standard InChI is InChI=1S/C27H31NO7Si/c1-33-25(30)26-15-7-8-16-27(26)23(35-27)21(17-22(26)36(2,3)20-9-5-4-6-10-20)34-24(29)18-11-13-19(14-12-18)28(31)32/h4-6,9-14,21-23H,7-8,15-17H2,1-3H3/t21-,22-,23+,26+,27+/m1/s1. The van der Waals surface area contributed by atoms with Crippen molar-refractivity contribution in [1.82, 2.24) is 0 Å². The highest BCUT2D eigenvalue weighted by Crippen LogP contribution is 2.71. The maximum absolute atomic E-state index is 13.6. The molecule has 190 valence electrons. The lowest BCUT2D eigenvalue weighted by Gasteiger charge is -2.54. The smallest absolute Gasteiger partial charge is 0.338 e. The highest BCUT2D eigenvalue weighted by molar-refractivity contribution is 6.91. The number of benzene rings is 2. The van der Waals surface area contributed by atoms with Crippen LogP contribution in [0.2, 0.25) is 18.6 Å². The minimum atomic E-state index is -2.30. The Balaban J connectivity index is 1.51. The Hall–Kier alpha value is -3.04. The first-order valence-corrected chi connectivity index (χ1v) is 15.5. The van der Waals surface area contributed by atoms with Gasteiger partial charge in [-0.15, -0.1) is 0 Å². The Kier molecular flexibility index (Phi) is 6.03. The second kappa shape index (κ2) is 8.81. The van der Waals surface area contributed by atoms with Crippen LogP contribution in [0.25, 0.3) is 0 Å². The highest BCUT2D eigenvalue weighted by Gasteiger charge is 2.81. The van der Waals surface area contributed by atoms with Gasteiger partial charge in [-0.25, -0.2) is 4.79 Å². The zero-order chi connectivity index (χ0) is 25.7. The summed E-state index contributed by atoms with van der Waals surface area (Å²) in [5.41, 5.74) is -1.37. The van der Waals surface area contributed by atoms with E-state index in [1.54, 1.807) is 0 Å². The van der Waals surface area contributed by atoms with Crippen LogP contribution in [0, 0.1) is 15.5 Å². The number of ether oxygens (including phenoxy) is 3. The molecule has 2 saturated carbocycles. The molecule has 3 fully saturated rings. The molecule has 0 radical (unpaired) electrons. The van der Waals surface area contributed by atoms with E-state index >= 15 is 0 Å². The molecule has 1 aliphatic heterocycles. The first-order valence-electron chi connectivity index (χ1n) is 12.4. The molecule has 1 spiro atoms. The normalized spacial score (nSPS) is 30.9. The van der Waals surface area contributed by atoms with Gasteiger partial charge in [0.2, 0.25) is 0 Å². The third kappa shape index (κ3) is 3.59. The van der Waals surface area contributed by atoms with Crippen molar-refractivity contribution in [3.05, 3.63) is 70.3 Å². The number of epoxide rings is 1. The lowest BCUT2D eigenvalue weighted by molar-refractivity contribution is -0.384. The lowest BCUT2D eigenvalue weighted by Crippen LogP contribution is -2.65. The van der Waals surface area contributed by atoms with Crippen molar-refractivity contribution in [3.63, 3.8) is 0 Å². The summed E-state index contributed by atoms with van der Waals surface area (Å²) in [5.74, 6) is -0.758.